The molecule has 276 valence electrons. The first-order chi connectivity index (χ1) is 28.4. The molecule has 2 aliphatic carbocycles. The molecule has 0 aliphatic heterocycles. The predicted octanol–water partition coefficient (Wildman–Crippen LogP) is 15.2. The highest BCUT2D eigenvalue weighted by molar-refractivity contribution is 6.11. The zero-order valence-electron chi connectivity index (χ0n) is 33.0. The van der Waals surface area contributed by atoms with E-state index in [1.807, 2.05) is 6.07 Å². The minimum absolute atomic E-state index is 0.248. The number of para-hydroxylation sites is 1. The molecule has 0 bridgehead atoms. The van der Waals surface area contributed by atoms with Crippen LogP contribution in [0.3, 0.4) is 0 Å². The average Bonchev–Trinajstić information content (AvgIpc) is 3.48. The third-order valence-electron chi connectivity index (χ3n) is 12.5. The van der Waals surface area contributed by atoms with Crippen LogP contribution in [0.15, 0.2) is 176 Å². The van der Waals surface area contributed by atoms with Crippen LogP contribution in [0.1, 0.15) is 43.0 Å². The second-order valence-corrected chi connectivity index (χ2v) is 16.6. The van der Waals surface area contributed by atoms with E-state index in [-0.39, 0.29) is 5.41 Å². The molecule has 0 N–H and O–H groups in total. The molecule has 0 aromatic heterocycles. The van der Waals surface area contributed by atoms with Crippen molar-refractivity contribution in [3.8, 4) is 11.1 Å². The monoisotopic (exact) mass is 742 g/mol. The van der Waals surface area contributed by atoms with Gasteiger partial charge in [-0.2, -0.15) is 0 Å². The molecule has 1 unspecified atom stereocenters. The van der Waals surface area contributed by atoms with Crippen LogP contribution in [-0.4, -0.2) is 0 Å². The Morgan fingerprint density at radius 1 is 0.534 bits per heavy atom. The van der Waals surface area contributed by atoms with E-state index in [1.54, 1.807) is 0 Å². The molecule has 0 saturated heterocycles. The smallest absolute Gasteiger partial charge is 0.0551 e. The van der Waals surface area contributed by atoms with Gasteiger partial charge >= 0.3 is 0 Å². The van der Waals surface area contributed by atoms with E-state index >= 15 is 0 Å². The average molecular weight is 743 g/mol. The van der Waals surface area contributed by atoms with Crippen molar-refractivity contribution >= 4 is 72.5 Å². The van der Waals surface area contributed by atoms with Crippen molar-refractivity contribution in [2.75, 3.05) is 9.80 Å². The fourth-order valence-electron chi connectivity index (χ4n) is 9.61. The topological polar surface area (TPSA) is 6.48 Å². The third kappa shape index (κ3) is 5.50. The summed E-state index contributed by atoms with van der Waals surface area (Å²) < 4.78 is 0. The van der Waals surface area contributed by atoms with Crippen LogP contribution < -0.4 is 9.80 Å². The Bertz CT molecular complexity index is 3080. The van der Waals surface area contributed by atoms with Gasteiger partial charge in [0.25, 0.3) is 0 Å². The van der Waals surface area contributed by atoms with Crippen molar-refractivity contribution < 1.29 is 0 Å². The van der Waals surface area contributed by atoms with Crippen molar-refractivity contribution in [3.63, 3.8) is 0 Å². The summed E-state index contributed by atoms with van der Waals surface area (Å²) in [6, 6.07) is 68.9. The van der Waals surface area contributed by atoms with Crippen molar-refractivity contribution in [2.45, 2.75) is 32.6 Å². The summed E-state index contributed by atoms with van der Waals surface area (Å²) in [5, 5.41) is 7.43. The quantitative estimate of drug-likeness (QED) is 0.167. The summed E-state index contributed by atoms with van der Waals surface area (Å²) in [6.07, 6.45) is 5.70. The van der Waals surface area contributed by atoms with Crippen molar-refractivity contribution in [1.29, 1.82) is 0 Å². The van der Waals surface area contributed by atoms with Gasteiger partial charge < -0.3 is 9.80 Å². The summed E-state index contributed by atoms with van der Waals surface area (Å²) in [5.74, 6) is 0.550. The van der Waals surface area contributed by atoms with Crippen LogP contribution in [0.2, 0.25) is 0 Å². The SMILES string of the molecule is CC1C=Cc2cc(N(c3cc#ccc3)c3cc4c(c5ccccc35)-c3cc5ccc(N(c6ccccc6)c6ccc7ccccc7c6)cc5cc3C4(C)C)ccc2C1. The van der Waals surface area contributed by atoms with Crippen molar-refractivity contribution in [1.82, 2.24) is 0 Å². The number of hydrogen-bond donors (Lipinski definition) is 0. The molecule has 0 fully saturated rings. The fraction of sp³-hybridized carbons (Fsp3) is 0.107. The maximum absolute atomic E-state index is 3.26. The predicted molar refractivity (Wildman–Crippen MR) is 245 cm³/mol. The van der Waals surface area contributed by atoms with E-state index in [2.05, 4.69) is 219 Å². The number of fused-ring (bicyclic) bond motifs is 8. The van der Waals surface area contributed by atoms with Gasteiger partial charge in [0.2, 0.25) is 0 Å². The minimum atomic E-state index is -0.248. The van der Waals surface area contributed by atoms with Gasteiger partial charge in [-0.05, 0) is 152 Å². The first-order valence-corrected chi connectivity index (χ1v) is 20.4. The fourth-order valence-corrected chi connectivity index (χ4v) is 9.61. The van der Waals surface area contributed by atoms with Gasteiger partial charge in [0.1, 0.15) is 0 Å². The van der Waals surface area contributed by atoms with E-state index in [9.17, 15) is 0 Å². The zero-order valence-corrected chi connectivity index (χ0v) is 33.0. The summed E-state index contributed by atoms with van der Waals surface area (Å²) >= 11 is 0. The molecule has 58 heavy (non-hydrogen) atoms. The van der Waals surface area contributed by atoms with Crippen LogP contribution in [0.5, 0.6) is 0 Å². The van der Waals surface area contributed by atoms with Crippen LogP contribution in [0, 0.1) is 18.1 Å². The number of hydrogen-bond acceptors (Lipinski definition) is 2. The molecule has 0 radical (unpaired) electrons. The first-order valence-electron chi connectivity index (χ1n) is 20.4. The van der Waals surface area contributed by atoms with E-state index in [1.165, 1.54) is 71.4 Å². The van der Waals surface area contributed by atoms with Gasteiger partial charge in [-0.1, -0.05) is 130 Å². The molecule has 0 amide bonds. The number of nitrogens with zero attached hydrogens (tertiary/aromatic N) is 2. The van der Waals surface area contributed by atoms with Crippen LogP contribution in [0.25, 0.3) is 49.5 Å². The van der Waals surface area contributed by atoms with Crippen LogP contribution in [-0.2, 0) is 11.8 Å². The molecule has 9 aromatic carbocycles. The minimum Gasteiger partial charge on any atom is -0.310 e. The third-order valence-corrected chi connectivity index (χ3v) is 12.5. The lowest BCUT2D eigenvalue weighted by Gasteiger charge is -2.30. The molecule has 2 aliphatic rings. The van der Waals surface area contributed by atoms with E-state index in [4.69, 9.17) is 0 Å². The largest absolute Gasteiger partial charge is 0.310 e. The summed E-state index contributed by atoms with van der Waals surface area (Å²) in [5.41, 5.74) is 14.6. The van der Waals surface area contributed by atoms with Crippen LogP contribution in [0.4, 0.5) is 34.1 Å². The molecule has 0 saturated carbocycles. The van der Waals surface area contributed by atoms with Crippen LogP contribution >= 0.6 is 0 Å². The maximum Gasteiger partial charge on any atom is 0.0551 e. The van der Waals surface area contributed by atoms with Crippen molar-refractivity contribution in [2.24, 2.45) is 5.92 Å². The van der Waals surface area contributed by atoms with Crippen molar-refractivity contribution in [3.05, 3.63) is 210 Å². The highest BCUT2D eigenvalue weighted by Gasteiger charge is 2.38. The second-order valence-electron chi connectivity index (χ2n) is 16.6. The number of benzene rings is 8. The standard InChI is InChI=1S/C56H42N2/c1-37-22-23-41-32-48(29-25-40(41)30-37)58(45-18-8-5-9-19-45)54-36-53-55(50-21-13-12-20-49(50)54)51-34-42-26-28-47(33-43(42)35-52(51)56(53,2)3)57(44-16-6-4-7-17-44)46-27-24-38-14-10-11-15-39(38)31-46/h4,6-8,10-29,31-37H,30H2,1-3H3. The Morgan fingerprint density at radius 2 is 1.22 bits per heavy atom. The Balaban J connectivity index is 1.08. The normalized spacial score (nSPS) is 14.8. The lowest BCUT2D eigenvalue weighted by molar-refractivity contribution is 0.661. The lowest BCUT2D eigenvalue weighted by atomic mass is 9.81. The van der Waals surface area contributed by atoms with Gasteiger partial charge in [0.05, 0.1) is 11.4 Å². The van der Waals surface area contributed by atoms with Gasteiger partial charge in [-0.25, -0.2) is 0 Å². The van der Waals surface area contributed by atoms with Gasteiger partial charge in [0, 0.05) is 39.6 Å². The van der Waals surface area contributed by atoms with E-state index < -0.39 is 0 Å². The number of rotatable bonds is 6. The Labute approximate surface area is 340 Å². The molecular formula is C56H42N2. The Hall–Kier alpha value is -7.08. The second kappa shape index (κ2) is 13.3. The van der Waals surface area contributed by atoms with Gasteiger partial charge in [-0.3, -0.25) is 0 Å². The summed E-state index contributed by atoms with van der Waals surface area (Å²) in [6.45, 7) is 7.09. The highest BCUT2D eigenvalue weighted by atomic mass is 15.1. The Kier molecular flexibility index (Phi) is 7.82. The maximum atomic E-state index is 3.26. The van der Waals surface area contributed by atoms with E-state index in [0.29, 0.717) is 5.92 Å². The lowest BCUT2D eigenvalue weighted by Crippen LogP contribution is -2.17. The molecule has 0 heterocycles. The summed E-state index contributed by atoms with van der Waals surface area (Å²) in [7, 11) is 0. The molecular weight excluding hydrogens is 701 g/mol. The zero-order chi connectivity index (χ0) is 39.0. The van der Waals surface area contributed by atoms with Gasteiger partial charge in [-0.15, -0.1) is 0 Å². The molecule has 9 aromatic rings. The highest BCUT2D eigenvalue weighted by Crippen LogP contribution is 2.55. The summed E-state index contributed by atoms with van der Waals surface area (Å²) in [4.78, 5) is 4.80. The molecule has 2 heteroatoms. The first kappa shape index (κ1) is 34.2. The van der Waals surface area contributed by atoms with Gasteiger partial charge in [0.15, 0.2) is 0 Å². The number of allylic oxidation sites excluding steroid dienone is 1. The Morgan fingerprint density at radius 3 is 2.03 bits per heavy atom. The molecule has 11 rings (SSSR count). The van der Waals surface area contributed by atoms with E-state index in [0.717, 1.165) is 34.9 Å². The molecule has 2 nitrogen and oxygen atoms in total. The molecule has 1 atom stereocenters. The molecule has 0 spiro atoms. The number of anilines is 6.